The van der Waals surface area contributed by atoms with Crippen LogP contribution in [0.2, 0.25) is 0 Å². The van der Waals surface area contributed by atoms with Gasteiger partial charge in [0.25, 0.3) is 11.8 Å². The van der Waals surface area contributed by atoms with Crippen molar-refractivity contribution >= 4 is 17.8 Å². The molecule has 2 aliphatic rings. The molecule has 156 valence electrons. The number of carbonyl (C=O) groups is 3. The zero-order chi connectivity index (χ0) is 21.7. The highest BCUT2D eigenvalue weighted by atomic mass is 19.4. The van der Waals surface area contributed by atoms with Crippen LogP contribution in [0, 0.1) is 0 Å². The minimum absolute atomic E-state index is 0.0663. The van der Waals surface area contributed by atoms with Gasteiger partial charge in [-0.25, -0.2) is 4.79 Å². The standard InChI is InChI=1S/C21H18F3N3O3/c1-20(18(29)25-19(30)26-20)14-6-2-4-12(10-14)17(28)27-9-8-15-13(11-27)5-3-7-16(15)21(22,23)24/h2-7,10H,8-9,11H2,1H3,(H2,25,26,29,30). The Morgan fingerprint density at radius 2 is 1.87 bits per heavy atom. The van der Waals surface area contributed by atoms with Crippen molar-refractivity contribution in [1.29, 1.82) is 0 Å². The topological polar surface area (TPSA) is 78.5 Å². The van der Waals surface area contributed by atoms with Gasteiger partial charge in [-0.15, -0.1) is 0 Å². The van der Waals surface area contributed by atoms with Crippen LogP contribution >= 0.6 is 0 Å². The summed E-state index contributed by atoms with van der Waals surface area (Å²) in [4.78, 5) is 38.2. The fourth-order valence-electron chi connectivity index (χ4n) is 3.94. The number of fused-ring (bicyclic) bond motifs is 1. The van der Waals surface area contributed by atoms with Crippen LogP contribution in [-0.4, -0.2) is 29.3 Å². The van der Waals surface area contributed by atoms with E-state index in [9.17, 15) is 27.6 Å². The van der Waals surface area contributed by atoms with Crippen molar-refractivity contribution in [3.05, 3.63) is 70.3 Å². The quantitative estimate of drug-likeness (QED) is 0.738. The summed E-state index contributed by atoms with van der Waals surface area (Å²) in [6, 6.07) is 9.71. The van der Waals surface area contributed by atoms with E-state index >= 15 is 0 Å². The van der Waals surface area contributed by atoms with Crippen molar-refractivity contribution in [2.75, 3.05) is 6.54 Å². The molecule has 1 unspecified atom stereocenters. The van der Waals surface area contributed by atoms with E-state index in [1.807, 2.05) is 0 Å². The number of alkyl halides is 3. The predicted octanol–water partition coefficient (Wildman–Crippen LogP) is 2.96. The first-order chi connectivity index (χ1) is 14.1. The summed E-state index contributed by atoms with van der Waals surface area (Å²) >= 11 is 0. The van der Waals surface area contributed by atoms with Gasteiger partial charge in [-0.05, 0) is 48.2 Å². The third kappa shape index (κ3) is 3.30. The van der Waals surface area contributed by atoms with Gasteiger partial charge in [0.1, 0.15) is 5.54 Å². The normalized spacial score (nSPS) is 21.1. The van der Waals surface area contributed by atoms with Crippen LogP contribution in [0.1, 0.15) is 39.5 Å². The number of nitrogens with one attached hydrogen (secondary N) is 2. The largest absolute Gasteiger partial charge is 0.416 e. The first-order valence-corrected chi connectivity index (χ1v) is 9.31. The van der Waals surface area contributed by atoms with Crippen LogP contribution in [0.3, 0.4) is 0 Å². The lowest BCUT2D eigenvalue weighted by molar-refractivity contribution is -0.138. The Labute approximate surface area is 170 Å². The number of halogens is 3. The van der Waals surface area contributed by atoms with Gasteiger partial charge in [0, 0.05) is 18.7 Å². The Morgan fingerprint density at radius 3 is 2.53 bits per heavy atom. The van der Waals surface area contributed by atoms with E-state index in [-0.39, 0.29) is 36.5 Å². The number of nitrogens with zero attached hydrogens (tertiary/aromatic N) is 1. The number of benzene rings is 2. The number of rotatable bonds is 2. The van der Waals surface area contributed by atoms with Crippen molar-refractivity contribution in [2.45, 2.75) is 31.6 Å². The fourth-order valence-corrected chi connectivity index (χ4v) is 3.94. The number of hydrogen-bond donors (Lipinski definition) is 2. The molecule has 0 spiro atoms. The Kier molecular flexibility index (Phi) is 4.56. The molecule has 2 heterocycles. The zero-order valence-corrected chi connectivity index (χ0v) is 16.0. The van der Waals surface area contributed by atoms with Gasteiger partial charge in [0.05, 0.1) is 5.56 Å². The van der Waals surface area contributed by atoms with Gasteiger partial charge in [0.2, 0.25) is 0 Å². The lowest BCUT2D eigenvalue weighted by atomic mass is 9.90. The highest BCUT2D eigenvalue weighted by molar-refractivity contribution is 6.07. The molecule has 0 saturated carbocycles. The Balaban J connectivity index is 1.60. The number of imide groups is 1. The Morgan fingerprint density at radius 1 is 1.13 bits per heavy atom. The van der Waals surface area contributed by atoms with E-state index in [0.29, 0.717) is 11.1 Å². The van der Waals surface area contributed by atoms with Crippen LogP contribution in [0.5, 0.6) is 0 Å². The van der Waals surface area contributed by atoms with Crippen LogP contribution in [0.15, 0.2) is 42.5 Å². The monoisotopic (exact) mass is 417 g/mol. The molecule has 6 nitrogen and oxygen atoms in total. The van der Waals surface area contributed by atoms with Gasteiger partial charge in [-0.1, -0.05) is 24.3 Å². The van der Waals surface area contributed by atoms with E-state index in [2.05, 4.69) is 10.6 Å². The summed E-state index contributed by atoms with van der Waals surface area (Å²) in [5, 5.41) is 4.71. The zero-order valence-electron chi connectivity index (χ0n) is 16.0. The third-order valence-electron chi connectivity index (χ3n) is 5.59. The van der Waals surface area contributed by atoms with Crippen molar-refractivity contribution < 1.29 is 27.6 Å². The van der Waals surface area contributed by atoms with Crippen molar-refractivity contribution in [1.82, 2.24) is 15.5 Å². The summed E-state index contributed by atoms with van der Waals surface area (Å²) in [6.07, 6.45) is -4.33. The lowest BCUT2D eigenvalue weighted by Crippen LogP contribution is -2.41. The van der Waals surface area contributed by atoms with Crippen LogP contribution in [-0.2, 0) is 29.5 Å². The second-order valence-electron chi connectivity index (χ2n) is 7.53. The van der Waals surface area contributed by atoms with Crippen molar-refractivity contribution in [3.63, 3.8) is 0 Å². The van der Waals surface area contributed by atoms with Gasteiger partial charge in [-0.2, -0.15) is 13.2 Å². The van der Waals surface area contributed by atoms with E-state index in [0.717, 1.165) is 6.07 Å². The lowest BCUT2D eigenvalue weighted by Gasteiger charge is -2.31. The predicted molar refractivity (Wildman–Crippen MR) is 100 cm³/mol. The summed E-state index contributed by atoms with van der Waals surface area (Å²) in [5.41, 5.74) is -0.545. The minimum atomic E-state index is -4.44. The summed E-state index contributed by atoms with van der Waals surface area (Å²) in [5.74, 6) is -0.878. The Hall–Kier alpha value is -3.36. The maximum Gasteiger partial charge on any atom is 0.416 e. The van der Waals surface area contributed by atoms with Gasteiger partial charge < -0.3 is 10.2 Å². The van der Waals surface area contributed by atoms with Gasteiger partial charge in [0.15, 0.2) is 0 Å². The van der Waals surface area contributed by atoms with E-state index in [1.165, 1.54) is 24.0 Å². The van der Waals surface area contributed by atoms with Gasteiger partial charge >= 0.3 is 12.2 Å². The first-order valence-electron chi connectivity index (χ1n) is 9.31. The molecule has 0 radical (unpaired) electrons. The van der Waals surface area contributed by atoms with Crippen LogP contribution in [0.4, 0.5) is 18.0 Å². The van der Waals surface area contributed by atoms with Crippen LogP contribution < -0.4 is 10.6 Å². The molecule has 4 amide bonds. The molecule has 4 rings (SSSR count). The molecule has 1 fully saturated rings. The number of amides is 4. The van der Waals surface area contributed by atoms with Gasteiger partial charge in [-0.3, -0.25) is 14.9 Å². The molecule has 0 bridgehead atoms. The first kappa shape index (κ1) is 19.9. The maximum absolute atomic E-state index is 13.2. The van der Waals surface area contributed by atoms with Crippen molar-refractivity contribution in [2.24, 2.45) is 0 Å². The number of hydrogen-bond acceptors (Lipinski definition) is 3. The molecule has 2 aliphatic heterocycles. The maximum atomic E-state index is 13.2. The van der Waals surface area contributed by atoms with E-state index in [4.69, 9.17) is 0 Å². The smallest absolute Gasteiger partial charge is 0.334 e. The molecule has 1 atom stereocenters. The SMILES string of the molecule is CC1(c2cccc(C(=O)N3CCc4c(cccc4C(F)(F)F)C3)c2)NC(=O)NC1=O. The molecule has 1 saturated heterocycles. The second kappa shape index (κ2) is 6.86. The molecule has 0 aliphatic carbocycles. The molecule has 2 aromatic carbocycles. The fraction of sp³-hybridized carbons (Fsp3) is 0.286. The van der Waals surface area contributed by atoms with E-state index in [1.54, 1.807) is 24.3 Å². The highest BCUT2D eigenvalue weighted by Gasteiger charge is 2.43. The average molecular weight is 417 g/mol. The number of carbonyl (C=O) groups excluding carboxylic acids is 3. The molecule has 30 heavy (non-hydrogen) atoms. The summed E-state index contributed by atoms with van der Waals surface area (Å²) in [6.45, 7) is 1.75. The number of urea groups is 1. The minimum Gasteiger partial charge on any atom is -0.334 e. The summed E-state index contributed by atoms with van der Waals surface area (Å²) < 4.78 is 39.7. The molecular formula is C21H18F3N3O3. The molecule has 0 aromatic heterocycles. The van der Waals surface area contributed by atoms with Crippen molar-refractivity contribution in [3.8, 4) is 0 Å². The third-order valence-corrected chi connectivity index (χ3v) is 5.59. The van der Waals surface area contributed by atoms with Crippen LogP contribution in [0.25, 0.3) is 0 Å². The molecule has 9 heteroatoms. The summed E-state index contributed by atoms with van der Waals surface area (Å²) in [7, 11) is 0. The second-order valence-corrected chi connectivity index (χ2v) is 7.53. The highest BCUT2D eigenvalue weighted by Crippen LogP contribution is 2.36. The molecular weight excluding hydrogens is 399 g/mol. The van der Waals surface area contributed by atoms with E-state index < -0.39 is 29.2 Å². The molecule has 2 N–H and O–H groups in total. The Bertz CT molecular complexity index is 1070. The average Bonchev–Trinajstić information content (AvgIpc) is 2.98. The molecule has 2 aromatic rings.